The molecular weight excluding hydrogens is 292 g/mol. The Balaban J connectivity index is 2.36. The zero-order valence-corrected chi connectivity index (χ0v) is 12.8. The van der Waals surface area contributed by atoms with E-state index in [0.29, 0.717) is 5.56 Å². The fourth-order valence-electron chi connectivity index (χ4n) is 1.72. The van der Waals surface area contributed by atoms with Gasteiger partial charge in [0.25, 0.3) is 0 Å². The lowest BCUT2D eigenvalue weighted by molar-refractivity contribution is 0.101. The Bertz CT molecular complexity index is 388. The molecule has 3 heteroatoms. The minimum Gasteiger partial charge on any atom is -0.492 e. The third-order valence-corrected chi connectivity index (χ3v) is 3.46. The Kier molecular flexibility index (Phi) is 7.02. The molecule has 0 heterocycles. The molecule has 0 bridgehead atoms. The summed E-state index contributed by atoms with van der Waals surface area (Å²) in [5.74, 6) is 0.886. The van der Waals surface area contributed by atoms with E-state index in [2.05, 4.69) is 22.9 Å². The zero-order valence-electron chi connectivity index (χ0n) is 11.2. The molecule has 0 spiro atoms. The van der Waals surface area contributed by atoms with Crippen molar-refractivity contribution >= 4 is 21.7 Å². The maximum absolute atomic E-state index is 11.2. The van der Waals surface area contributed by atoms with Gasteiger partial charge in [-0.25, -0.2) is 0 Å². The van der Waals surface area contributed by atoms with Crippen LogP contribution in [0.15, 0.2) is 22.7 Å². The smallest absolute Gasteiger partial charge is 0.159 e. The minimum absolute atomic E-state index is 0.0711. The molecule has 0 N–H and O–H groups in total. The van der Waals surface area contributed by atoms with Crippen molar-refractivity contribution in [3.63, 3.8) is 0 Å². The lowest BCUT2D eigenvalue weighted by Crippen LogP contribution is -1.99. The van der Waals surface area contributed by atoms with Crippen LogP contribution in [-0.2, 0) is 0 Å². The lowest BCUT2D eigenvalue weighted by Gasteiger charge is -2.08. The fraction of sp³-hybridized carbons (Fsp3) is 0.533. The van der Waals surface area contributed by atoms with Crippen molar-refractivity contribution in [1.82, 2.24) is 0 Å². The number of ketones is 1. The van der Waals surface area contributed by atoms with Gasteiger partial charge in [0, 0.05) is 5.56 Å². The van der Waals surface area contributed by atoms with Gasteiger partial charge in [-0.3, -0.25) is 4.79 Å². The SMILES string of the molecule is CCCCCCCOc1ccc(C(C)=O)cc1Br. The summed E-state index contributed by atoms with van der Waals surface area (Å²) in [4.78, 5) is 11.2. The number of carbonyl (C=O) groups is 1. The highest BCUT2D eigenvalue weighted by Gasteiger charge is 2.05. The second-order valence-corrected chi connectivity index (χ2v) is 5.32. The molecule has 0 aromatic heterocycles. The Morgan fingerprint density at radius 1 is 1.22 bits per heavy atom. The van der Waals surface area contributed by atoms with E-state index in [4.69, 9.17) is 4.74 Å². The molecule has 0 aliphatic rings. The zero-order chi connectivity index (χ0) is 13.4. The summed E-state index contributed by atoms with van der Waals surface area (Å²) in [7, 11) is 0. The topological polar surface area (TPSA) is 26.3 Å². The molecule has 0 aliphatic heterocycles. The molecule has 0 aliphatic carbocycles. The third-order valence-electron chi connectivity index (χ3n) is 2.84. The molecule has 0 radical (unpaired) electrons. The van der Waals surface area contributed by atoms with E-state index in [1.165, 1.54) is 25.7 Å². The molecule has 0 fully saturated rings. The summed E-state index contributed by atoms with van der Waals surface area (Å²) < 4.78 is 6.54. The van der Waals surface area contributed by atoms with Crippen LogP contribution in [0.5, 0.6) is 5.75 Å². The monoisotopic (exact) mass is 312 g/mol. The van der Waals surface area contributed by atoms with Crippen LogP contribution < -0.4 is 4.74 Å². The van der Waals surface area contributed by atoms with Crippen molar-refractivity contribution in [2.24, 2.45) is 0 Å². The number of carbonyl (C=O) groups excluding carboxylic acids is 1. The molecule has 100 valence electrons. The number of rotatable bonds is 8. The quantitative estimate of drug-likeness (QED) is 0.498. The van der Waals surface area contributed by atoms with Gasteiger partial charge in [-0.1, -0.05) is 32.6 Å². The molecule has 1 aromatic rings. The van der Waals surface area contributed by atoms with Gasteiger partial charge in [0.15, 0.2) is 5.78 Å². The first-order valence-electron chi connectivity index (χ1n) is 6.58. The summed E-state index contributed by atoms with van der Waals surface area (Å²) >= 11 is 3.43. The van der Waals surface area contributed by atoms with E-state index >= 15 is 0 Å². The molecule has 0 unspecified atom stereocenters. The van der Waals surface area contributed by atoms with Crippen molar-refractivity contribution in [1.29, 1.82) is 0 Å². The second kappa shape index (κ2) is 8.30. The third kappa shape index (κ3) is 5.21. The molecule has 2 nitrogen and oxygen atoms in total. The van der Waals surface area contributed by atoms with Crippen LogP contribution in [0.4, 0.5) is 0 Å². The van der Waals surface area contributed by atoms with Crippen molar-refractivity contribution < 1.29 is 9.53 Å². The van der Waals surface area contributed by atoms with Gasteiger partial charge >= 0.3 is 0 Å². The largest absolute Gasteiger partial charge is 0.492 e. The predicted octanol–water partition coefficient (Wildman–Crippen LogP) is 5.00. The summed E-state index contributed by atoms with van der Waals surface area (Å²) in [5, 5.41) is 0. The first kappa shape index (κ1) is 15.2. The average Bonchev–Trinajstić information content (AvgIpc) is 2.35. The molecule has 0 saturated heterocycles. The maximum Gasteiger partial charge on any atom is 0.159 e. The lowest BCUT2D eigenvalue weighted by atomic mass is 10.1. The van der Waals surface area contributed by atoms with Gasteiger partial charge < -0.3 is 4.74 Å². The van der Waals surface area contributed by atoms with Crippen molar-refractivity contribution in [2.45, 2.75) is 46.0 Å². The summed E-state index contributed by atoms with van der Waals surface area (Å²) in [6, 6.07) is 5.47. The second-order valence-electron chi connectivity index (χ2n) is 4.46. The first-order chi connectivity index (χ1) is 8.65. The van der Waals surface area contributed by atoms with Crippen LogP contribution in [0.25, 0.3) is 0 Å². The van der Waals surface area contributed by atoms with E-state index in [1.807, 2.05) is 12.1 Å². The van der Waals surface area contributed by atoms with Crippen LogP contribution in [0.2, 0.25) is 0 Å². The van der Waals surface area contributed by atoms with Crippen LogP contribution in [-0.4, -0.2) is 12.4 Å². The summed E-state index contributed by atoms with van der Waals surface area (Å²) in [5.41, 5.74) is 0.706. The van der Waals surface area contributed by atoms with Gasteiger partial charge in [-0.15, -0.1) is 0 Å². The van der Waals surface area contributed by atoms with Gasteiger partial charge in [-0.05, 0) is 47.5 Å². The Hall–Kier alpha value is -0.830. The number of Topliss-reactive ketones (excluding diaryl/α,β-unsaturated/α-hetero) is 1. The highest BCUT2D eigenvalue weighted by molar-refractivity contribution is 9.10. The van der Waals surface area contributed by atoms with Gasteiger partial charge in [0.1, 0.15) is 5.75 Å². The minimum atomic E-state index is 0.0711. The van der Waals surface area contributed by atoms with E-state index in [0.717, 1.165) is 23.2 Å². The molecule has 0 amide bonds. The number of hydrogen-bond acceptors (Lipinski definition) is 2. The number of benzene rings is 1. The fourth-order valence-corrected chi connectivity index (χ4v) is 2.22. The van der Waals surface area contributed by atoms with E-state index in [9.17, 15) is 4.79 Å². The molecule has 1 rings (SSSR count). The van der Waals surface area contributed by atoms with Crippen molar-refractivity contribution in [3.05, 3.63) is 28.2 Å². The number of hydrogen-bond donors (Lipinski definition) is 0. The van der Waals surface area contributed by atoms with E-state index in [-0.39, 0.29) is 5.78 Å². The highest BCUT2D eigenvalue weighted by Crippen LogP contribution is 2.26. The van der Waals surface area contributed by atoms with Crippen LogP contribution in [0.1, 0.15) is 56.3 Å². The standard InChI is InChI=1S/C15H21BrO2/c1-3-4-5-6-7-10-18-15-9-8-13(12(2)17)11-14(15)16/h8-9,11H,3-7,10H2,1-2H3. The highest BCUT2D eigenvalue weighted by atomic mass is 79.9. The van der Waals surface area contributed by atoms with Gasteiger partial charge in [0.05, 0.1) is 11.1 Å². The maximum atomic E-state index is 11.2. The Labute approximate surface area is 118 Å². The first-order valence-corrected chi connectivity index (χ1v) is 7.37. The Morgan fingerprint density at radius 2 is 1.94 bits per heavy atom. The van der Waals surface area contributed by atoms with Crippen molar-refractivity contribution in [3.8, 4) is 5.75 Å². The summed E-state index contributed by atoms with van der Waals surface area (Å²) in [6.07, 6.45) is 6.15. The van der Waals surface area contributed by atoms with Gasteiger partial charge in [-0.2, -0.15) is 0 Å². The van der Waals surface area contributed by atoms with Crippen LogP contribution in [0.3, 0.4) is 0 Å². The molecule has 0 atom stereocenters. The number of halogens is 1. The molecule has 1 aromatic carbocycles. The molecular formula is C15H21BrO2. The van der Waals surface area contributed by atoms with E-state index < -0.39 is 0 Å². The number of ether oxygens (including phenoxy) is 1. The number of unbranched alkanes of at least 4 members (excludes halogenated alkanes) is 4. The van der Waals surface area contributed by atoms with Crippen molar-refractivity contribution in [2.75, 3.05) is 6.61 Å². The van der Waals surface area contributed by atoms with Gasteiger partial charge in [0.2, 0.25) is 0 Å². The Morgan fingerprint density at radius 3 is 2.56 bits per heavy atom. The normalized spacial score (nSPS) is 10.4. The average molecular weight is 313 g/mol. The van der Waals surface area contributed by atoms with Crippen LogP contribution in [0, 0.1) is 0 Å². The van der Waals surface area contributed by atoms with E-state index in [1.54, 1.807) is 13.0 Å². The molecule has 0 saturated carbocycles. The summed E-state index contributed by atoms with van der Waals surface area (Å²) in [6.45, 7) is 4.52. The predicted molar refractivity (Wildman–Crippen MR) is 78.4 cm³/mol. The molecule has 18 heavy (non-hydrogen) atoms. The van der Waals surface area contributed by atoms with Crippen LogP contribution >= 0.6 is 15.9 Å².